The van der Waals surface area contributed by atoms with E-state index in [9.17, 15) is 9.59 Å². The number of nitrogens with zero attached hydrogens (tertiary/aromatic N) is 2. The second-order valence-corrected chi connectivity index (χ2v) is 9.47. The van der Waals surface area contributed by atoms with E-state index in [1.54, 1.807) is 0 Å². The minimum atomic E-state index is -0.968. The minimum Gasteiger partial charge on any atom is -0.358 e. The van der Waals surface area contributed by atoms with E-state index in [1.807, 2.05) is 24.3 Å². The van der Waals surface area contributed by atoms with Gasteiger partial charge >= 0.3 is 0 Å². The van der Waals surface area contributed by atoms with Crippen molar-refractivity contribution < 1.29 is 9.59 Å². The average molecular weight is 414 g/mol. The molecular formula is C21H27N5O2S. The topological polar surface area (TPSA) is 109 Å². The van der Waals surface area contributed by atoms with Crippen molar-refractivity contribution in [3.05, 3.63) is 29.3 Å². The summed E-state index contributed by atoms with van der Waals surface area (Å²) in [5.74, 6) is 0.769. The summed E-state index contributed by atoms with van der Waals surface area (Å²) in [5, 5.41) is 6.68. The number of hydrogen-bond donors (Lipinski definition) is 3. The lowest BCUT2D eigenvalue weighted by Gasteiger charge is -2.30. The molecule has 3 heterocycles. The average Bonchev–Trinajstić information content (AvgIpc) is 3.40. The van der Waals surface area contributed by atoms with Crippen LogP contribution in [0.2, 0.25) is 0 Å². The maximum Gasteiger partial charge on any atom is 0.223 e. The number of para-hydroxylation sites is 1. The van der Waals surface area contributed by atoms with Gasteiger partial charge in [-0.3, -0.25) is 14.6 Å². The van der Waals surface area contributed by atoms with E-state index in [2.05, 4.69) is 34.5 Å². The fourth-order valence-electron chi connectivity index (χ4n) is 4.15. The number of carbonyl (C=O) groups excluding carboxylic acids is 2. The number of nitrogens with two attached hydrogens (primary N) is 1. The van der Waals surface area contributed by atoms with Crippen LogP contribution >= 0.6 is 11.3 Å². The summed E-state index contributed by atoms with van der Waals surface area (Å²) in [6.45, 7) is 5.15. The Kier molecular flexibility index (Phi) is 5.40. The predicted molar refractivity (Wildman–Crippen MR) is 115 cm³/mol. The largest absolute Gasteiger partial charge is 0.358 e. The van der Waals surface area contributed by atoms with Gasteiger partial charge in [-0.1, -0.05) is 26.0 Å². The number of amides is 1. The van der Waals surface area contributed by atoms with Crippen LogP contribution in [0.4, 0.5) is 0 Å². The number of aliphatic imine (C=N–C) groups is 1. The van der Waals surface area contributed by atoms with Crippen molar-refractivity contribution in [3.63, 3.8) is 0 Å². The number of carbonyl (C=O) groups is 2. The van der Waals surface area contributed by atoms with Crippen molar-refractivity contribution in [2.45, 2.75) is 44.7 Å². The number of nitrogens with one attached hydrogen (secondary N) is 2. The van der Waals surface area contributed by atoms with Gasteiger partial charge in [0.2, 0.25) is 11.7 Å². The highest BCUT2D eigenvalue weighted by Crippen LogP contribution is 2.32. The fraction of sp³-hybridized carbons (Fsp3) is 0.524. The van der Waals surface area contributed by atoms with Crippen LogP contribution in [0.1, 0.15) is 42.9 Å². The molecule has 8 heteroatoms. The first-order valence-electron chi connectivity index (χ1n) is 10.1. The minimum absolute atomic E-state index is 0.00297. The van der Waals surface area contributed by atoms with E-state index in [1.165, 1.54) is 11.3 Å². The van der Waals surface area contributed by atoms with Crippen LogP contribution in [-0.4, -0.2) is 47.2 Å². The molecule has 0 spiro atoms. The Labute approximate surface area is 174 Å². The van der Waals surface area contributed by atoms with Gasteiger partial charge in [0.15, 0.2) is 5.01 Å². The van der Waals surface area contributed by atoms with Crippen molar-refractivity contribution in [2.24, 2.45) is 22.6 Å². The van der Waals surface area contributed by atoms with E-state index in [0.717, 1.165) is 23.1 Å². The first kappa shape index (κ1) is 20.0. The van der Waals surface area contributed by atoms with Gasteiger partial charge in [-0.25, -0.2) is 4.98 Å². The van der Waals surface area contributed by atoms with Crippen LogP contribution in [0.25, 0.3) is 10.2 Å². The maximum absolute atomic E-state index is 13.7. The number of hydrogen-bond acceptors (Lipinski definition) is 7. The van der Waals surface area contributed by atoms with E-state index in [4.69, 9.17) is 5.73 Å². The normalized spacial score (nSPS) is 25.2. The molecule has 29 heavy (non-hydrogen) atoms. The number of Topliss-reactive ketones (excluding diaryl/α,β-unsaturated/α-hetero) is 1. The van der Waals surface area contributed by atoms with E-state index < -0.39 is 5.54 Å². The standard InChI is InChI=1S/C21H27N5O2S/c1-12(2)9-14(22)18-24-11-21(26-18,10-13-7-8-23-19(13)28)17(27)20-25-15-5-3-4-6-16(15)29-20/h3-6,12-14H,7-11,22H2,1-2H3,(H,23,28)(H,24,26)/t13-,14-,21-/m0/s1. The lowest BCUT2D eigenvalue weighted by molar-refractivity contribution is -0.122. The molecule has 2 aliphatic heterocycles. The molecule has 7 nitrogen and oxygen atoms in total. The molecule has 2 aromatic rings. The molecule has 0 saturated carbocycles. The van der Waals surface area contributed by atoms with Gasteiger partial charge in [-0.05, 0) is 37.3 Å². The van der Waals surface area contributed by atoms with Crippen LogP contribution in [0.5, 0.6) is 0 Å². The molecule has 0 bridgehead atoms. The number of ketones is 1. The van der Waals surface area contributed by atoms with E-state index in [-0.39, 0.29) is 30.2 Å². The first-order valence-corrected chi connectivity index (χ1v) is 11.0. The SMILES string of the molecule is CC(C)C[C@H](N)C1=NC[C@@](C[C@@H]2CCNC2=O)(C(=O)c2nc3ccccc3s2)N1. The number of thiazole rings is 1. The smallest absolute Gasteiger partial charge is 0.223 e. The Morgan fingerprint density at radius 3 is 2.86 bits per heavy atom. The lowest BCUT2D eigenvalue weighted by atomic mass is 9.83. The zero-order chi connectivity index (χ0) is 20.6. The molecule has 4 N–H and O–H groups in total. The second-order valence-electron chi connectivity index (χ2n) is 8.44. The lowest BCUT2D eigenvalue weighted by Crippen LogP contribution is -2.57. The van der Waals surface area contributed by atoms with Gasteiger partial charge in [-0.15, -0.1) is 11.3 Å². The fourth-order valence-corrected chi connectivity index (χ4v) is 5.15. The van der Waals surface area contributed by atoms with Crippen LogP contribution < -0.4 is 16.4 Å². The van der Waals surface area contributed by atoms with Gasteiger partial charge in [-0.2, -0.15) is 0 Å². The van der Waals surface area contributed by atoms with Gasteiger partial charge in [0.1, 0.15) is 11.4 Å². The first-order chi connectivity index (χ1) is 13.9. The molecule has 1 aromatic heterocycles. The third-order valence-electron chi connectivity index (χ3n) is 5.64. The highest BCUT2D eigenvalue weighted by Gasteiger charge is 2.48. The Morgan fingerprint density at radius 2 is 2.17 bits per heavy atom. The summed E-state index contributed by atoms with van der Waals surface area (Å²) in [5.41, 5.74) is 6.18. The Morgan fingerprint density at radius 1 is 1.38 bits per heavy atom. The number of rotatable bonds is 7. The van der Waals surface area contributed by atoms with Crippen molar-refractivity contribution in [1.29, 1.82) is 0 Å². The molecule has 2 aliphatic rings. The van der Waals surface area contributed by atoms with E-state index >= 15 is 0 Å². The highest BCUT2D eigenvalue weighted by molar-refractivity contribution is 7.20. The molecular weight excluding hydrogens is 386 g/mol. The van der Waals surface area contributed by atoms with Gasteiger partial charge in [0, 0.05) is 12.5 Å². The molecule has 0 radical (unpaired) electrons. The maximum atomic E-state index is 13.7. The zero-order valence-electron chi connectivity index (χ0n) is 16.8. The Bertz CT molecular complexity index is 936. The molecule has 1 amide bonds. The third kappa shape index (κ3) is 3.91. The molecule has 154 valence electrons. The van der Waals surface area contributed by atoms with Gasteiger partial charge < -0.3 is 16.4 Å². The number of fused-ring (bicyclic) bond motifs is 1. The van der Waals surface area contributed by atoms with Crippen molar-refractivity contribution in [1.82, 2.24) is 15.6 Å². The summed E-state index contributed by atoms with van der Waals surface area (Å²) in [6, 6.07) is 7.46. The molecule has 1 saturated heterocycles. The van der Waals surface area contributed by atoms with Crippen molar-refractivity contribution in [2.75, 3.05) is 13.1 Å². The van der Waals surface area contributed by atoms with Crippen molar-refractivity contribution >= 4 is 39.1 Å². The quantitative estimate of drug-likeness (QED) is 0.603. The number of benzene rings is 1. The molecule has 0 unspecified atom stereocenters. The Hall–Kier alpha value is -2.32. The van der Waals surface area contributed by atoms with Crippen LogP contribution in [0, 0.1) is 11.8 Å². The highest BCUT2D eigenvalue weighted by atomic mass is 32.1. The monoisotopic (exact) mass is 413 g/mol. The number of aromatic nitrogens is 1. The summed E-state index contributed by atoms with van der Waals surface area (Å²) in [6.07, 6.45) is 1.90. The van der Waals surface area contributed by atoms with Crippen LogP contribution in [0.3, 0.4) is 0 Å². The summed E-state index contributed by atoms with van der Waals surface area (Å²) >= 11 is 1.39. The summed E-state index contributed by atoms with van der Waals surface area (Å²) in [7, 11) is 0. The third-order valence-corrected chi connectivity index (χ3v) is 6.68. The molecule has 4 rings (SSSR count). The van der Waals surface area contributed by atoms with Crippen LogP contribution in [-0.2, 0) is 4.79 Å². The predicted octanol–water partition coefficient (Wildman–Crippen LogP) is 2.12. The molecule has 0 aliphatic carbocycles. The van der Waals surface area contributed by atoms with E-state index in [0.29, 0.717) is 29.7 Å². The van der Waals surface area contributed by atoms with Crippen molar-refractivity contribution in [3.8, 4) is 0 Å². The Balaban J connectivity index is 1.63. The molecule has 1 fully saturated rings. The van der Waals surface area contributed by atoms with Gasteiger partial charge in [0.05, 0.1) is 22.8 Å². The second kappa shape index (κ2) is 7.84. The zero-order valence-corrected chi connectivity index (χ0v) is 17.6. The number of amidine groups is 1. The summed E-state index contributed by atoms with van der Waals surface area (Å²) in [4.78, 5) is 35.1. The molecule has 1 aromatic carbocycles. The van der Waals surface area contributed by atoms with Crippen LogP contribution in [0.15, 0.2) is 29.3 Å². The molecule has 3 atom stereocenters. The van der Waals surface area contributed by atoms with Gasteiger partial charge in [0.25, 0.3) is 0 Å². The summed E-state index contributed by atoms with van der Waals surface area (Å²) < 4.78 is 0.972.